The maximum atomic E-state index is 13.3. The fourth-order valence-electron chi connectivity index (χ4n) is 2.86. The summed E-state index contributed by atoms with van der Waals surface area (Å²) in [6, 6.07) is 16.5. The zero-order chi connectivity index (χ0) is 19.0. The van der Waals surface area contributed by atoms with Gasteiger partial charge in [0.2, 0.25) is 0 Å². The topological polar surface area (TPSA) is 46.4 Å². The summed E-state index contributed by atoms with van der Waals surface area (Å²) in [6.45, 7) is 1.96. The summed E-state index contributed by atoms with van der Waals surface area (Å²) in [5.41, 5.74) is 3.47. The predicted octanol–water partition coefficient (Wildman–Crippen LogP) is 5.35. The van der Waals surface area contributed by atoms with Crippen LogP contribution in [-0.2, 0) is 0 Å². The molecule has 1 N–H and O–H groups in total. The molecule has 2 aromatic heterocycles. The number of aromatic nitrogens is 2. The normalized spacial score (nSPS) is 10.9. The third-order valence-corrected chi connectivity index (χ3v) is 4.47. The van der Waals surface area contributed by atoms with Crippen molar-refractivity contribution < 1.29 is 9.18 Å². The number of carbonyl (C=O) groups is 1. The van der Waals surface area contributed by atoms with E-state index < -0.39 is 0 Å². The molecule has 4 nitrogen and oxygen atoms in total. The van der Waals surface area contributed by atoms with Crippen LogP contribution in [0.2, 0.25) is 5.02 Å². The van der Waals surface area contributed by atoms with E-state index in [2.05, 4.69) is 10.3 Å². The molecule has 27 heavy (non-hydrogen) atoms. The number of anilines is 1. The van der Waals surface area contributed by atoms with Crippen molar-refractivity contribution in [3.8, 4) is 11.3 Å². The molecular weight excluding hydrogens is 365 g/mol. The lowest BCUT2D eigenvalue weighted by molar-refractivity contribution is 0.102. The Hall–Kier alpha value is -3.18. The van der Waals surface area contributed by atoms with E-state index in [4.69, 9.17) is 11.6 Å². The second kappa shape index (κ2) is 6.85. The largest absolute Gasteiger partial charge is 0.306 e. The number of rotatable bonds is 3. The van der Waals surface area contributed by atoms with Crippen LogP contribution < -0.4 is 5.32 Å². The Balaban J connectivity index is 1.82. The van der Waals surface area contributed by atoms with Crippen molar-refractivity contribution >= 4 is 29.0 Å². The average molecular weight is 380 g/mol. The summed E-state index contributed by atoms with van der Waals surface area (Å²) in [4.78, 5) is 17.4. The molecule has 0 unspecified atom stereocenters. The van der Waals surface area contributed by atoms with Gasteiger partial charge in [0.25, 0.3) is 5.91 Å². The van der Waals surface area contributed by atoms with Gasteiger partial charge in [0.05, 0.1) is 0 Å². The van der Waals surface area contributed by atoms with Gasteiger partial charge in [-0.25, -0.2) is 9.37 Å². The smallest absolute Gasteiger partial charge is 0.256 e. The number of nitrogens with zero attached hydrogens (tertiary/aromatic N) is 2. The van der Waals surface area contributed by atoms with Crippen molar-refractivity contribution in [1.82, 2.24) is 9.38 Å². The molecule has 0 aliphatic heterocycles. The van der Waals surface area contributed by atoms with Crippen LogP contribution in [0.4, 0.5) is 10.2 Å². The number of halogens is 2. The molecule has 0 aliphatic rings. The number of amides is 1. The standard InChI is InChI=1S/C21H15ClFN3O/c1-13-2-11-18-24-19(14-5-9-17(23)10-6-14)20(26(18)12-13)25-21(27)15-3-7-16(22)8-4-15/h2-12H,1H3,(H,25,27). The Morgan fingerprint density at radius 3 is 2.44 bits per heavy atom. The van der Waals surface area contributed by atoms with E-state index in [-0.39, 0.29) is 11.7 Å². The van der Waals surface area contributed by atoms with Gasteiger partial charge in [0, 0.05) is 22.3 Å². The lowest BCUT2D eigenvalue weighted by atomic mass is 10.1. The number of nitrogens with one attached hydrogen (secondary N) is 1. The molecule has 6 heteroatoms. The molecule has 0 bridgehead atoms. The Labute approximate surface area is 160 Å². The molecule has 2 aromatic carbocycles. The van der Waals surface area contributed by atoms with Crippen LogP contribution in [-0.4, -0.2) is 15.3 Å². The van der Waals surface area contributed by atoms with Crippen molar-refractivity contribution in [2.24, 2.45) is 0 Å². The number of aryl methyl sites for hydroxylation is 1. The highest BCUT2D eigenvalue weighted by Gasteiger charge is 2.17. The molecule has 134 valence electrons. The molecule has 2 heterocycles. The Bertz CT molecular complexity index is 1130. The van der Waals surface area contributed by atoms with Gasteiger partial charge < -0.3 is 5.32 Å². The van der Waals surface area contributed by atoms with Crippen molar-refractivity contribution in [2.45, 2.75) is 6.92 Å². The minimum Gasteiger partial charge on any atom is -0.306 e. The van der Waals surface area contributed by atoms with Crippen LogP contribution in [0.15, 0.2) is 66.9 Å². The first kappa shape index (κ1) is 17.2. The Kier molecular flexibility index (Phi) is 4.38. The molecular formula is C21H15ClFN3O. The first-order valence-electron chi connectivity index (χ1n) is 8.33. The minimum absolute atomic E-state index is 0.279. The molecule has 4 rings (SSSR count). The van der Waals surface area contributed by atoms with Crippen molar-refractivity contribution in [1.29, 1.82) is 0 Å². The lowest BCUT2D eigenvalue weighted by Gasteiger charge is -2.08. The number of hydrogen-bond acceptors (Lipinski definition) is 2. The number of pyridine rings is 1. The predicted molar refractivity (Wildman–Crippen MR) is 105 cm³/mol. The monoisotopic (exact) mass is 379 g/mol. The summed E-state index contributed by atoms with van der Waals surface area (Å²) >= 11 is 5.90. The van der Waals surface area contributed by atoms with Crippen molar-refractivity contribution in [3.63, 3.8) is 0 Å². The number of imidazole rings is 1. The lowest BCUT2D eigenvalue weighted by Crippen LogP contribution is -2.14. The fraction of sp³-hybridized carbons (Fsp3) is 0.0476. The van der Waals surface area contributed by atoms with E-state index in [0.29, 0.717) is 33.3 Å². The zero-order valence-electron chi connectivity index (χ0n) is 14.4. The molecule has 4 aromatic rings. The summed E-state index contributed by atoms with van der Waals surface area (Å²) in [6.07, 6.45) is 1.90. The van der Waals surface area contributed by atoms with Crippen molar-refractivity contribution in [3.05, 3.63) is 88.8 Å². The van der Waals surface area contributed by atoms with E-state index in [1.165, 1.54) is 12.1 Å². The summed E-state index contributed by atoms with van der Waals surface area (Å²) in [7, 11) is 0. The van der Waals surface area contributed by atoms with Gasteiger partial charge in [-0.05, 0) is 67.1 Å². The summed E-state index contributed by atoms with van der Waals surface area (Å²) in [5, 5.41) is 3.49. The highest BCUT2D eigenvalue weighted by molar-refractivity contribution is 6.30. The van der Waals surface area contributed by atoms with Gasteiger partial charge in [-0.3, -0.25) is 9.20 Å². The quantitative estimate of drug-likeness (QED) is 0.521. The molecule has 0 saturated heterocycles. The third kappa shape index (κ3) is 3.41. The zero-order valence-corrected chi connectivity index (χ0v) is 15.2. The molecule has 0 spiro atoms. The molecule has 1 amide bonds. The molecule has 0 fully saturated rings. The summed E-state index contributed by atoms with van der Waals surface area (Å²) in [5.74, 6) is -0.0799. The summed E-state index contributed by atoms with van der Waals surface area (Å²) < 4.78 is 15.1. The van der Waals surface area contributed by atoms with Gasteiger partial charge in [0.15, 0.2) is 0 Å². The SMILES string of the molecule is Cc1ccc2nc(-c3ccc(F)cc3)c(NC(=O)c3ccc(Cl)cc3)n2c1. The number of fused-ring (bicyclic) bond motifs is 1. The van der Waals surface area contributed by atoms with Crippen LogP contribution in [0.1, 0.15) is 15.9 Å². The number of benzene rings is 2. The number of carbonyl (C=O) groups excluding carboxylic acids is 1. The molecule has 0 radical (unpaired) electrons. The second-order valence-corrected chi connectivity index (χ2v) is 6.65. The molecule has 0 saturated carbocycles. The molecule has 0 aliphatic carbocycles. The highest BCUT2D eigenvalue weighted by atomic mass is 35.5. The van der Waals surface area contributed by atoms with Crippen LogP contribution in [0.25, 0.3) is 16.9 Å². The first-order valence-corrected chi connectivity index (χ1v) is 8.70. The van der Waals surface area contributed by atoms with E-state index in [0.717, 1.165) is 5.56 Å². The van der Waals surface area contributed by atoms with Gasteiger partial charge in [-0.15, -0.1) is 0 Å². The van der Waals surface area contributed by atoms with Gasteiger partial charge >= 0.3 is 0 Å². The second-order valence-electron chi connectivity index (χ2n) is 6.21. The maximum absolute atomic E-state index is 13.3. The van der Waals surface area contributed by atoms with Gasteiger partial charge in [-0.2, -0.15) is 0 Å². The fourth-order valence-corrected chi connectivity index (χ4v) is 2.99. The van der Waals surface area contributed by atoms with E-state index >= 15 is 0 Å². The van der Waals surface area contributed by atoms with Crippen LogP contribution in [0.5, 0.6) is 0 Å². The average Bonchev–Trinajstić information content (AvgIpc) is 3.00. The van der Waals surface area contributed by atoms with Crippen molar-refractivity contribution in [2.75, 3.05) is 5.32 Å². The first-order chi connectivity index (χ1) is 13.0. The Morgan fingerprint density at radius 1 is 1.04 bits per heavy atom. The van der Waals surface area contributed by atoms with Crippen LogP contribution in [0, 0.1) is 12.7 Å². The highest BCUT2D eigenvalue weighted by Crippen LogP contribution is 2.29. The van der Waals surface area contributed by atoms with E-state index in [9.17, 15) is 9.18 Å². The number of hydrogen-bond donors (Lipinski definition) is 1. The Morgan fingerprint density at radius 2 is 1.74 bits per heavy atom. The third-order valence-electron chi connectivity index (χ3n) is 4.22. The molecule has 0 atom stereocenters. The van der Waals surface area contributed by atoms with Crippen LogP contribution in [0.3, 0.4) is 0 Å². The van der Waals surface area contributed by atoms with Gasteiger partial charge in [0.1, 0.15) is 23.0 Å². The van der Waals surface area contributed by atoms with Crippen LogP contribution >= 0.6 is 11.6 Å². The van der Waals surface area contributed by atoms with Gasteiger partial charge in [-0.1, -0.05) is 17.7 Å². The van der Waals surface area contributed by atoms with E-state index in [1.54, 1.807) is 36.4 Å². The van der Waals surface area contributed by atoms with E-state index in [1.807, 2.05) is 29.7 Å². The maximum Gasteiger partial charge on any atom is 0.256 e. The minimum atomic E-state index is -0.329.